The quantitative estimate of drug-likeness (QED) is 0.490. The van der Waals surface area contributed by atoms with Crippen LogP contribution in [0.15, 0.2) is 0 Å². The number of nitrogens with one attached hydrogen (secondary N) is 2. The Labute approximate surface area is 106 Å². The first-order chi connectivity index (χ1) is 8.56. The van der Waals surface area contributed by atoms with E-state index in [1.54, 1.807) is 14.0 Å². The highest BCUT2D eigenvalue weighted by molar-refractivity contribution is 5.88. The summed E-state index contributed by atoms with van der Waals surface area (Å²) in [6.07, 6.45) is 0. The van der Waals surface area contributed by atoms with Crippen LogP contribution in [-0.2, 0) is 19.1 Å². The molecule has 0 bridgehead atoms. The van der Waals surface area contributed by atoms with Gasteiger partial charge < -0.3 is 25.8 Å². The first-order valence-electron chi connectivity index (χ1n) is 5.96. The molecule has 18 heavy (non-hydrogen) atoms. The van der Waals surface area contributed by atoms with Gasteiger partial charge in [-0.25, -0.2) is 0 Å². The van der Waals surface area contributed by atoms with Gasteiger partial charge in [-0.05, 0) is 6.92 Å². The summed E-state index contributed by atoms with van der Waals surface area (Å²) in [4.78, 5) is 23.4. The Morgan fingerprint density at radius 2 is 2.22 bits per heavy atom. The molecule has 2 amide bonds. The van der Waals surface area contributed by atoms with E-state index < -0.39 is 6.04 Å². The number of amides is 2. The second-order valence-corrected chi connectivity index (χ2v) is 4.32. The van der Waals surface area contributed by atoms with Gasteiger partial charge in [-0.15, -0.1) is 0 Å². The summed E-state index contributed by atoms with van der Waals surface area (Å²) < 4.78 is 9.92. The lowest BCUT2D eigenvalue weighted by Crippen LogP contribution is -2.50. The normalized spacial score (nSPS) is 24.6. The van der Waals surface area contributed by atoms with E-state index in [0.717, 1.165) is 0 Å². The van der Waals surface area contributed by atoms with Gasteiger partial charge in [0.1, 0.15) is 6.04 Å². The zero-order valence-electron chi connectivity index (χ0n) is 10.8. The summed E-state index contributed by atoms with van der Waals surface area (Å²) in [5.41, 5.74) is 5.73. The molecule has 3 atom stereocenters. The van der Waals surface area contributed by atoms with E-state index in [0.29, 0.717) is 26.4 Å². The highest BCUT2D eigenvalue weighted by Gasteiger charge is 2.32. The maximum Gasteiger partial charge on any atom is 0.242 e. The molecule has 1 heterocycles. The molecule has 3 unspecified atom stereocenters. The minimum Gasteiger partial charge on any atom is -0.383 e. The minimum absolute atomic E-state index is 0.241. The third-order valence-corrected chi connectivity index (χ3v) is 2.82. The Kier molecular flexibility index (Phi) is 6.03. The van der Waals surface area contributed by atoms with Crippen LogP contribution in [0.4, 0.5) is 0 Å². The van der Waals surface area contributed by atoms with E-state index >= 15 is 0 Å². The Morgan fingerprint density at radius 3 is 2.78 bits per heavy atom. The molecule has 0 radical (unpaired) electrons. The van der Waals surface area contributed by atoms with Crippen LogP contribution in [0.5, 0.6) is 0 Å². The van der Waals surface area contributed by atoms with E-state index in [1.165, 1.54) is 0 Å². The second-order valence-electron chi connectivity index (χ2n) is 4.32. The topological polar surface area (TPSA) is 103 Å². The Morgan fingerprint density at radius 1 is 1.50 bits per heavy atom. The van der Waals surface area contributed by atoms with Gasteiger partial charge in [-0.3, -0.25) is 9.59 Å². The van der Waals surface area contributed by atoms with E-state index in [1.807, 2.05) is 0 Å². The lowest BCUT2D eigenvalue weighted by atomic mass is 10.0. The van der Waals surface area contributed by atoms with Gasteiger partial charge in [0.25, 0.3) is 0 Å². The predicted octanol–water partition coefficient (Wildman–Crippen LogP) is -1.77. The number of carbonyl (C=O) groups is 2. The summed E-state index contributed by atoms with van der Waals surface area (Å²) in [5, 5.41) is 5.28. The van der Waals surface area contributed by atoms with Crippen molar-refractivity contribution in [1.82, 2.24) is 10.6 Å². The number of nitrogens with two attached hydrogens (primary N) is 1. The summed E-state index contributed by atoms with van der Waals surface area (Å²) >= 11 is 0. The van der Waals surface area contributed by atoms with Gasteiger partial charge in [0.15, 0.2) is 0 Å². The van der Waals surface area contributed by atoms with E-state index in [2.05, 4.69) is 10.6 Å². The molecule has 0 spiro atoms. The molecule has 0 aliphatic carbocycles. The largest absolute Gasteiger partial charge is 0.383 e. The maximum absolute atomic E-state index is 11.8. The van der Waals surface area contributed by atoms with Gasteiger partial charge in [-0.1, -0.05) is 0 Å². The number of hydrogen-bond acceptors (Lipinski definition) is 5. The van der Waals surface area contributed by atoms with Crippen LogP contribution in [0.1, 0.15) is 6.92 Å². The standard InChI is InChI=1S/C11H21N3O4/c1-7(10(15)13-3-4-17-2)14-11(16)8-5-18-6-9(8)12/h7-9H,3-6,12H2,1-2H3,(H,13,15)(H,14,16). The summed E-state index contributed by atoms with van der Waals surface area (Å²) in [6, 6.07) is -0.893. The van der Waals surface area contributed by atoms with Crippen molar-refractivity contribution in [3.8, 4) is 0 Å². The van der Waals surface area contributed by atoms with Crippen molar-refractivity contribution in [2.75, 3.05) is 33.5 Å². The fraction of sp³-hybridized carbons (Fsp3) is 0.818. The molecule has 7 nitrogen and oxygen atoms in total. The van der Waals surface area contributed by atoms with Crippen LogP contribution in [0.25, 0.3) is 0 Å². The molecule has 7 heteroatoms. The number of methoxy groups -OCH3 is 1. The van der Waals surface area contributed by atoms with E-state index in [-0.39, 0.29) is 23.8 Å². The molecule has 0 aromatic heterocycles. The van der Waals surface area contributed by atoms with Gasteiger partial charge in [0, 0.05) is 19.7 Å². The smallest absolute Gasteiger partial charge is 0.242 e. The second kappa shape index (κ2) is 7.30. The first kappa shape index (κ1) is 14.9. The van der Waals surface area contributed by atoms with Gasteiger partial charge in [0.2, 0.25) is 11.8 Å². The van der Waals surface area contributed by atoms with E-state index in [4.69, 9.17) is 15.2 Å². The molecule has 1 aliphatic rings. The highest BCUT2D eigenvalue weighted by atomic mass is 16.5. The SMILES string of the molecule is COCCNC(=O)C(C)NC(=O)C1COCC1N. The molecule has 0 saturated carbocycles. The van der Waals surface area contributed by atoms with Crippen LogP contribution in [0.3, 0.4) is 0 Å². The molecular weight excluding hydrogens is 238 g/mol. The maximum atomic E-state index is 11.8. The predicted molar refractivity (Wildman–Crippen MR) is 64.8 cm³/mol. The van der Waals surface area contributed by atoms with Crippen LogP contribution in [0, 0.1) is 5.92 Å². The average Bonchev–Trinajstić information content (AvgIpc) is 2.75. The summed E-state index contributed by atoms with van der Waals surface area (Å²) in [6.45, 7) is 3.17. The van der Waals surface area contributed by atoms with Gasteiger partial charge in [0.05, 0.1) is 25.7 Å². The lowest BCUT2D eigenvalue weighted by molar-refractivity contribution is -0.131. The third kappa shape index (κ3) is 4.25. The molecule has 0 aromatic rings. The Bertz CT molecular complexity index is 298. The van der Waals surface area contributed by atoms with Gasteiger partial charge in [-0.2, -0.15) is 0 Å². The molecular formula is C11H21N3O4. The van der Waals surface area contributed by atoms with Crippen molar-refractivity contribution in [3.05, 3.63) is 0 Å². The first-order valence-corrected chi connectivity index (χ1v) is 5.96. The van der Waals surface area contributed by atoms with Crippen molar-refractivity contribution < 1.29 is 19.1 Å². The van der Waals surface area contributed by atoms with Crippen LogP contribution >= 0.6 is 0 Å². The summed E-state index contributed by atoms with van der Waals surface area (Å²) in [5.74, 6) is -0.860. The van der Waals surface area contributed by atoms with Crippen LogP contribution in [-0.4, -0.2) is 57.4 Å². The average molecular weight is 259 g/mol. The monoisotopic (exact) mass is 259 g/mol. The van der Waals surface area contributed by atoms with Crippen molar-refractivity contribution >= 4 is 11.8 Å². The van der Waals surface area contributed by atoms with E-state index in [9.17, 15) is 9.59 Å². The summed E-state index contributed by atoms with van der Waals surface area (Å²) in [7, 11) is 1.55. The van der Waals surface area contributed by atoms with Crippen LogP contribution < -0.4 is 16.4 Å². The molecule has 104 valence electrons. The zero-order chi connectivity index (χ0) is 13.5. The number of ether oxygens (including phenoxy) is 2. The third-order valence-electron chi connectivity index (χ3n) is 2.82. The molecule has 1 aliphatic heterocycles. The molecule has 1 saturated heterocycles. The minimum atomic E-state index is -0.595. The highest BCUT2D eigenvalue weighted by Crippen LogP contribution is 2.11. The molecule has 1 fully saturated rings. The fourth-order valence-electron chi connectivity index (χ4n) is 1.66. The molecule has 0 aromatic carbocycles. The van der Waals surface area contributed by atoms with Gasteiger partial charge >= 0.3 is 0 Å². The molecule has 1 rings (SSSR count). The van der Waals surface area contributed by atoms with Crippen molar-refractivity contribution in [2.24, 2.45) is 11.7 Å². The van der Waals surface area contributed by atoms with Crippen LogP contribution in [0.2, 0.25) is 0 Å². The Hall–Kier alpha value is -1.18. The fourth-order valence-corrected chi connectivity index (χ4v) is 1.66. The molecule has 4 N–H and O–H groups in total. The number of hydrogen-bond donors (Lipinski definition) is 3. The zero-order valence-corrected chi connectivity index (χ0v) is 10.8. The number of carbonyl (C=O) groups excluding carboxylic acids is 2. The van der Waals surface area contributed by atoms with Crippen molar-refractivity contribution in [1.29, 1.82) is 0 Å². The van der Waals surface area contributed by atoms with Crippen molar-refractivity contribution in [2.45, 2.75) is 19.0 Å². The Balaban J connectivity index is 2.32. The number of rotatable bonds is 6. The lowest BCUT2D eigenvalue weighted by Gasteiger charge is -2.18. The van der Waals surface area contributed by atoms with Crippen molar-refractivity contribution in [3.63, 3.8) is 0 Å².